The molecule has 1 amide bonds. The van der Waals surface area contributed by atoms with E-state index in [1.165, 1.54) is 18.2 Å². The first-order chi connectivity index (χ1) is 13.9. The van der Waals surface area contributed by atoms with Gasteiger partial charge in [0.15, 0.2) is 5.58 Å². The number of oxazole rings is 1. The standard InChI is InChI=1S/C20H11Br2N3O4/c21-12-3-1-2-11(8-12)20-24-17-9-13(4-7-18(17)29-20)23-19(26)15-10-14(25(27)28)5-6-16(15)22/h1-10H,(H,23,26). The van der Waals surface area contributed by atoms with Gasteiger partial charge in [0.05, 0.1) is 10.5 Å². The van der Waals surface area contributed by atoms with Crippen LogP contribution >= 0.6 is 31.9 Å². The van der Waals surface area contributed by atoms with Crippen LogP contribution in [-0.4, -0.2) is 15.8 Å². The minimum atomic E-state index is -0.547. The maximum absolute atomic E-state index is 12.6. The second-order valence-corrected chi connectivity index (χ2v) is 7.86. The molecule has 1 N–H and O–H groups in total. The van der Waals surface area contributed by atoms with Crippen molar-refractivity contribution in [3.63, 3.8) is 0 Å². The first-order valence-corrected chi connectivity index (χ1v) is 9.91. The second-order valence-electron chi connectivity index (χ2n) is 6.09. The molecular weight excluding hydrogens is 506 g/mol. The summed E-state index contributed by atoms with van der Waals surface area (Å²) in [6.07, 6.45) is 0. The molecule has 0 spiro atoms. The van der Waals surface area contributed by atoms with Gasteiger partial charge in [0.1, 0.15) is 5.52 Å². The number of anilines is 1. The molecule has 29 heavy (non-hydrogen) atoms. The predicted octanol–water partition coefficient (Wildman–Crippen LogP) is 6.18. The number of amides is 1. The minimum absolute atomic E-state index is 0.161. The summed E-state index contributed by atoms with van der Waals surface area (Å²) in [6.45, 7) is 0. The van der Waals surface area contributed by atoms with Crippen LogP contribution in [0.4, 0.5) is 11.4 Å². The molecule has 0 bridgehead atoms. The van der Waals surface area contributed by atoms with E-state index in [9.17, 15) is 14.9 Å². The Morgan fingerprint density at radius 1 is 1.07 bits per heavy atom. The number of nitro groups is 1. The lowest BCUT2D eigenvalue weighted by molar-refractivity contribution is -0.384. The van der Waals surface area contributed by atoms with Gasteiger partial charge in [0.2, 0.25) is 5.89 Å². The Kier molecular flexibility index (Phi) is 5.16. The average Bonchev–Trinajstić information content (AvgIpc) is 3.11. The first kappa shape index (κ1) is 19.3. The molecule has 0 saturated heterocycles. The van der Waals surface area contributed by atoms with E-state index in [0.717, 1.165) is 10.0 Å². The summed E-state index contributed by atoms with van der Waals surface area (Å²) in [6, 6.07) is 16.7. The van der Waals surface area contributed by atoms with Gasteiger partial charge in [-0.15, -0.1) is 0 Å². The zero-order valence-electron chi connectivity index (χ0n) is 14.6. The second kappa shape index (κ2) is 7.76. The number of hydrogen-bond donors (Lipinski definition) is 1. The van der Waals surface area contributed by atoms with Crippen molar-refractivity contribution in [1.82, 2.24) is 4.98 Å². The Morgan fingerprint density at radius 3 is 2.66 bits per heavy atom. The van der Waals surface area contributed by atoms with Crippen molar-refractivity contribution in [1.29, 1.82) is 0 Å². The number of non-ortho nitro benzene ring substituents is 1. The topological polar surface area (TPSA) is 98.3 Å². The van der Waals surface area contributed by atoms with Gasteiger partial charge in [-0.1, -0.05) is 22.0 Å². The van der Waals surface area contributed by atoms with Crippen LogP contribution in [0.1, 0.15) is 10.4 Å². The fourth-order valence-corrected chi connectivity index (χ4v) is 3.58. The fraction of sp³-hybridized carbons (Fsp3) is 0. The lowest BCUT2D eigenvalue weighted by atomic mass is 10.2. The van der Waals surface area contributed by atoms with E-state index in [1.54, 1.807) is 18.2 Å². The third kappa shape index (κ3) is 4.06. The highest BCUT2D eigenvalue weighted by Crippen LogP contribution is 2.29. The molecule has 144 valence electrons. The van der Waals surface area contributed by atoms with Crippen molar-refractivity contribution in [2.24, 2.45) is 0 Å². The number of rotatable bonds is 4. The summed E-state index contributed by atoms with van der Waals surface area (Å²) in [5.74, 6) is -0.0122. The number of aromatic nitrogens is 1. The van der Waals surface area contributed by atoms with Crippen LogP contribution in [0.2, 0.25) is 0 Å². The zero-order chi connectivity index (χ0) is 20.5. The average molecular weight is 517 g/mol. The first-order valence-electron chi connectivity index (χ1n) is 8.32. The van der Waals surface area contributed by atoms with Crippen LogP contribution in [0, 0.1) is 10.1 Å². The normalized spacial score (nSPS) is 10.8. The molecule has 9 heteroatoms. The summed E-state index contributed by atoms with van der Waals surface area (Å²) < 4.78 is 7.16. The van der Waals surface area contributed by atoms with E-state index in [-0.39, 0.29) is 11.3 Å². The Bertz CT molecular complexity index is 1270. The zero-order valence-corrected chi connectivity index (χ0v) is 17.7. The number of halogens is 2. The molecule has 4 rings (SSSR count). The van der Waals surface area contributed by atoms with Crippen molar-refractivity contribution in [2.45, 2.75) is 0 Å². The lowest BCUT2D eigenvalue weighted by Crippen LogP contribution is -2.12. The van der Waals surface area contributed by atoms with E-state index in [2.05, 4.69) is 42.2 Å². The highest BCUT2D eigenvalue weighted by atomic mass is 79.9. The Morgan fingerprint density at radius 2 is 1.90 bits per heavy atom. The Labute approximate surface area is 181 Å². The third-order valence-electron chi connectivity index (χ3n) is 4.12. The molecule has 0 aliphatic rings. The SMILES string of the molecule is O=C(Nc1ccc2oc(-c3cccc(Br)c3)nc2c1)c1cc([N+](=O)[O-])ccc1Br. The molecule has 4 aromatic rings. The van der Waals surface area contributed by atoms with Gasteiger partial charge in [0, 0.05) is 32.3 Å². The Hall–Kier alpha value is -3.04. The van der Waals surface area contributed by atoms with Crippen molar-refractivity contribution in [2.75, 3.05) is 5.32 Å². The predicted molar refractivity (Wildman–Crippen MR) is 116 cm³/mol. The van der Waals surface area contributed by atoms with Crippen LogP contribution in [-0.2, 0) is 0 Å². The van der Waals surface area contributed by atoms with Crippen molar-refractivity contribution < 1.29 is 14.1 Å². The van der Waals surface area contributed by atoms with Crippen LogP contribution in [0.3, 0.4) is 0 Å². The van der Waals surface area contributed by atoms with Gasteiger partial charge < -0.3 is 9.73 Å². The molecule has 3 aromatic carbocycles. The van der Waals surface area contributed by atoms with Gasteiger partial charge in [0.25, 0.3) is 11.6 Å². The monoisotopic (exact) mass is 515 g/mol. The van der Waals surface area contributed by atoms with Gasteiger partial charge in [-0.3, -0.25) is 14.9 Å². The molecule has 0 saturated carbocycles. The molecule has 0 aliphatic heterocycles. The quantitative estimate of drug-likeness (QED) is 0.258. The largest absolute Gasteiger partial charge is 0.436 e. The van der Waals surface area contributed by atoms with Crippen LogP contribution in [0.5, 0.6) is 0 Å². The van der Waals surface area contributed by atoms with E-state index in [4.69, 9.17) is 4.42 Å². The molecule has 0 aliphatic carbocycles. The minimum Gasteiger partial charge on any atom is -0.436 e. The number of carbonyl (C=O) groups excluding carboxylic acids is 1. The van der Waals surface area contributed by atoms with Crippen molar-refractivity contribution in [3.8, 4) is 11.5 Å². The highest BCUT2D eigenvalue weighted by Gasteiger charge is 2.16. The smallest absolute Gasteiger partial charge is 0.270 e. The molecule has 0 atom stereocenters. The number of hydrogen-bond acceptors (Lipinski definition) is 5. The number of nitro benzene ring substituents is 1. The van der Waals surface area contributed by atoms with Crippen LogP contribution in [0.25, 0.3) is 22.6 Å². The number of benzene rings is 3. The molecule has 0 unspecified atom stereocenters. The summed E-state index contributed by atoms with van der Waals surface area (Å²) in [5, 5.41) is 13.7. The number of carbonyl (C=O) groups is 1. The van der Waals surface area contributed by atoms with Crippen molar-refractivity contribution in [3.05, 3.63) is 85.3 Å². The van der Waals surface area contributed by atoms with Crippen molar-refractivity contribution >= 4 is 60.2 Å². The van der Waals surface area contributed by atoms with E-state index in [1.807, 2.05) is 24.3 Å². The van der Waals surface area contributed by atoms with Crippen LogP contribution in [0.15, 0.2) is 74.0 Å². The van der Waals surface area contributed by atoms with Gasteiger partial charge in [-0.2, -0.15) is 0 Å². The molecule has 7 nitrogen and oxygen atoms in total. The lowest BCUT2D eigenvalue weighted by Gasteiger charge is -2.06. The molecular formula is C20H11Br2N3O4. The summed E-state index contributed by atoms with van der Waals surface area (Å²) in [7, 11) is 0. The van der Waals surface area contributed by atoms with Gasteiger partial charge in [-0.05, 0) is 58.4 Å². The third-order valence-corrected chi connectivity index (χ3v) is 5.31. The van der Waals surface area contributed by atoms with Gasteiger partial charge in [-0.25, -0.2) is 4.98 Å². The van der Waals surface area contributed by atoms with Crippen LogP contribution < -0.4 is 5.32 Å². The number of nitrogens with zero attached hydrogens (tertiary/aromatic N) is 2. The summed E-state index contributed by atoms with van der Waals surface area (Å²) in [5.41, 5.74) is 2.47. The molecule has 0 radical (unpaired) electrons. The maximum Gasteiger partial charge on any atom is 0.270 e. The van der Waals surface area contributed by atoms with Gasteiger partial charge >= 0.3 is 0 Å². The Balaban J connectivity index is 1.63. The van der Waals surface area contributed by atoms with E-state index in [0.29, 0.717) is 27.2 Å². The number of nitrogens with one attached hydrogen (secondary N) is 1. The fourth-order valence-electron chi connectivity index (χ4n) is 2.75. The van der Waals surface area contributed by atoms with E-state index >= 15 is 0 Å². The molecule has 1 heterocycles. The molecule has 1 aromatic heterocycles. The maximum atomic E-state index is 12.6. The summed E-state index contributed by atoms with van der Waals surface area (Å²) in [4.78, 5) is 27.5. The highest BCUT2D eigenvalue weighted by molar-refractivity contribution is 9.10. The molecule has 0 fully saturated rings. The summed E-state index contributed by atoms with van der Waals surface area (Å²) >= 11 is 6.67. The van der Waals surface area contributed by atoms with E-state index < -0.39 is 10.8 Å². The number of fused-ring (bicyclic) bond motifs is 1.